The molecule has 1 aliphatic rings. The van der Waals surface area contributed by atoms with Gasteiger partial charge in [0.15, 0.2) is 0 Å². The van der Waals surface area contributed by atoms with Crippen LogP contribution in [0.25, 0.3) is 11.0 Å². The van der Waals surface area contributed by atoms with Crippen LogP contribution >= 0.6 is 0 Å². The number of nitrogens with zero attached hydrogens (tertiary/aromatic N) is 4. The first-order valence-electron chi connectivity index (χ1n) is 6.98. The number of aliphatic imine (C=N–C) groups is 1. The second-order valence-electron chi connectivity index (χ2n) is 5.23. The molecule has 0 saturated carbocycles. The van der Waals surface area contributed by atoms with Gasteiger partial charge in [0.25, 0.3) is 5.56 Å². The number of aryl methyl sites for hydroxylation is 2. The maximum Gasteiger partial charge on any atom is 0.257 e. The van der Waals surface area contributed by atoms with Crippen molar-refractivity contribution in [2.24, 2.45) is 4.99 Å². The number of fused-ring (bicyclic) bond motifs is 1. The highest BCUT2D eigenvalue weighted by molar-refractivity contribution is 5.79. The van der Waals surface area contributed by atoms with Crippen molar-refractivity contribution < 1.29 is 0 Å². The second-order valence-corrected chi connectivity index (χ2v) is 5.23. The average Bonchev–Trinajstić information content (AvgIpc) is 2.84. The minimum Gasteiger partial charge on any atom is -0.371 e. The van der Waals surface area contributed by atoms with Crippen molar-refractivity contribution in [3.63, 3.8) is 0 Å². The minimum atomic E-state index is -0.184. The van der Waals surface area contributed by atoms with Crippen molar-refractivity contribution in [2.45, 2.75) is 39.4 Å². The van der Waals surface area contributed by atoms with Gasteiger partial charge in [-0.05, 0) is 26.8 Å². The van der Waals surface area contributed by atoms with E-state index in [4.69, 9.17) is 5.73 Å². The van der Waals surface area contributed by atoms with Crippen LogP contribution in [0.3, 0.4) is 0 Å². The van der Waals surface area contributed by atoms with Crippen LogP contribution in [-0.2, 0) is 6.54 Å². The zero-order chi connectivity index (χ0) is 15.1. The van der Waals surface area contributed by atoms with Crippen molar-refractivity contribution in [1.29, 1.82) is 0 Å². The normalized spacial score (nSPS) is 20.9. The number of nitrogens with one attached hydrogen (secondary N) is 1. The Balaban J connectivity index is 2.35. The molecule has 110 valence electrons. The second kappa shape index (κ2) is 4.83. The molecule has 21 heavy (non-hydrogen) atoms. The quantitative estimate of drug-likeness (QED) is 0.849. The predicted molar refractivity (Wildman–Crippen MR) is 82.5 cm³/mol. The fraction of sp³-hybridized carbons (Fsp3) is 0.429. The molecule has 2 unspecified atom stereocenters. The number of anilines is 1. The lowest BCUT2D eigenvalue weighted by atomic mass is 10.0. The summed E-state index contributed by atoms with van der Waals surface area (Å²) >= 11 is 0. The standard InChI is InChI=1S/C14H18N6O/c1-4-20-12-9(7(2)18-14(15)19-12)5-10(13(20)21)11-8(3)16-6-17-11/h5-6,8,11H,4H2,1-3H3,(H,16,17)(H2,15,18,19). The third kappa shape index (κ3) is 2.05. The van der Waals surface area contributed by atoms with Crippen LogP contribution in [0, 0.1) is 6.92 Å². The third-order valence-corrected chi connectivity index (χ3v) is 3.86. The van der Waals surface area contributed by atoms with Gasteiger partial charge in [-0.2, -0.15) is 4.98 Å². The van der Waals surface area contributed by atoms with E-state index in [2.05, 4.69) is 20.3 Å². The third-order valence-electron chi connectivity index (χ3n) is 3.86. The lowest BCUT2D eigenvalue weighted by Crippen LogP contribution is -2.31. The van der Waals surface area contributed by atoms with E-state index < -0.39 is 0 Å². The Morgan fingerprint density at radius 1 is 1.43 bits per heavy atom. The number of rotatable bonds is 2. The van der Waals surface area contributed by atoms with Crippen LogP contribution in [0.2, 0.25) is 0 Å². The van der Waals surface area contributed by atoms with Gasteiger partial charge in [0.2, 0.25) is 5.95 Å². The first kappa shape index (κ1) is 13.5. The first-order chi connectivity index (χ1) is 10.0. The molecule has 7 heteroatoms. The minimum absolute atomic E-state index is 0.0693. The van der Waals surface area contributed by atoms with Crippen LogP contribution in [0.4, 0.5) is 5.95 Å². The van der Waals surface area contributed by atoms with E-state index in [1.807, 2.05) is 26.8 Å². The number of hydrogen-bond donors (Lipinski definition) is 2. The number of aromatic nitrogens is 3. The summed E-state index contributed by atoms with van der Waals surface area (Å²) in [7, 11) is 0. The van der Waals surface area contributed by atoms with Crippen molar-refractivity contribution >= 4 is 23.3 Å². The highest BCUT2D eigenvalue weighted by Crippen LogP contribution is 2.25. The molecule has 1 aliphatic heterocycles. The molecule has 0 aliphatic carbocycles. The molecular weight excluding hydrogens is 268 g/mol. The van der Waals surface area contributed by atoms with Crippen LogP contribution in [-0.4, -0.2) is 26.9 Å². The summed E-state index contributed by atoms with van der Waals surface area (Å²) in [5.74, 6) is 0.184. The summed E-state index contributed by atoms with van der Waals surface area (Å²) in [5.41, 5.74) is 7.65. The van der Waals surface area contributed by atoms with Gasteiger partial charge in [0, 0.05) is 17.5 Å². The Bertz CT molecular complexity index is 794. The number of nitrogens with two attached hydrogens (primary N) is 1. The fourth-order valence-electron chi connectivity index (χ4n) is 2.75. The summed E-state index contributed by atoms with van der Waals surface area (Å²) in [5, 5.41) is 3.96. The van der Waals surface area contributed by atoms with Gasteiger partial charge < -0.3 is 11.1 Å². The first-order valence-corrected chi connectivity index (χ1v) is 6.98. The highest BCUT2D eigenvalue weighted by atomic mass is 16.1. The monoisotopic (exact) mass is 286 g/mol. The lowest BCUT2D eigenvalue weighted by molar-refractivity contribution is 0.576. The average molecular weight is 286 g/mol. The van der Waals surface area contributed by atoms with E-state index in [9.17, 15) is 4.79 Å². The molecule has 0 fully saturated rings. The molecule has 2 aromatic rings. The molecule has 0 spiro atoms. The van der Waals surface area contributed by atoms with Crippen molar-refractivity contribution in [1.82, 2.24) is 19.9 Å². The topological polar surface area (TPSA) is 98.2 Å². The van der Waals surface area contributed by atoms with E-state index in [0.29, 0.717) is 17.8 Å². The number of pyridine rings is 1. The zero-order valence-electron chi connectivity index (χ0n) is 12.3. The van der Waals surface area contributed by atoms with Gasteiger partial charge in [-0.1, -0.05) is 0 Å². The van der Waals surface area contributed by atoms with Gasteiger partial charge >= 0.3 is 0 Å². The Morgan fingerprint density at radius 2 is 2.19 bits per heavy atom. The molecular formula is C14H18N6O. The van der Waals surface area contributed by atoms with E-state index in [1.54, 1.807) is 10.9 Å². The van der Waals surface area contributed by atoms with Gasteiger partial charge in [-0.15, -0.1) is 0 Å². The van der Waals surface area contributed by atoms with E-state index in [1.165, 1.54) is 0 Å². The zero-order valence-corrected chi connectivity index (χ0v) is 12.3. The molecule has 3 heterocycles. The lowest BCUT2D eigenvalue weighted by Gasteiger charge is -2.17. The van der Waals surface area contributed by atoms with E-state index in [0.717, 1.165) is 11.1 Å². The molecule has 0 amide bonds. The molecule has 0 bridgehead atoms. The summed E-state index contributed by atoms with van der Waals surface area (Å²) in [6.07, 6.45) is 1.65. The largest absolute Gasteiger partial charge is 0.371 e. The smallest absolute Gasteiger partial charge is 0.257 e. The highest BCUT2D eigenvalue weighted by Gasteiger charge is 2.26. The molecule has 3 rings (SSSR count). The molecule has 2 aromatic heterocycles. The van der Waals surface area contributed by atoms with Crippen LogP contribution < -0.4 is 16.6 Å². The molecule has 0 radical (unpaired) electrons. The number of hydrogen-bond acceptors (Lipinski definition) is 6. The summed E-state index contributed by atoms with van der Waals surface area (Å²) in [6, 6.07) is 1.76. The Morgan fingerprint density at radius 3 is 2.81 bits per heavy atom. The van der Waals surface area contributed by atoms with Crippen LogP contribution in [0.15, 0.2) is 15.9 Å². The fourth-order valence-corrected chi connectivity index (χ4v) is 2.75. The maximum absolute atomic E-state index is 12.7. The summed E-state index contributed by atoms with van der Waals surface area (Å²) in [4.78, 5) is 25.5. The molecule has 0 aromatic carbocycles. The van der Waals surface area contributed by atoms with Crippen molar-refractivity contribution in [3.05, 3.63) is 27.7 Å². The van der Waals surface area contributed by atoms with Crippen LogP contribution in [0.5, 0.6) is 0 Å². The van der Waals surface area contributed by atoms with Gasteiger partial charge in [-0.25, -0.2) is 4.98 Å². The summed E-state index contributed by atoms with van der Waals surface area (Å²) < 4.78 is 1.64. The molecule has 0 saturated heterocycles. The van der Waals surface area contributed by atoms with Crippen molar-refractivity contribution in [3.8, 4) is 0 Å². The molecule has 2 atom stereocenters. The van der Waals surface area contributed by atoms with Crippen molar-refractivity contribution in [2.75, 3.05) is 5.73 Å². The van der Waals surface area contributed by atoms with Gasteiger partial charge in [0.1, 0.15) is 11.7 Å². The number of nitrogen functional groups attached to an aromatic ring is 1. The molecule has 3 N–H and O–H groups in total. The predicted octanol–water partition coefficient (Wildman–Crippen LogP) is 0.763. The summed E-state index contributed by atoms with van der Waals surface area (Å²) in [6.45, 7) is 6.31. The molecule has 7 nitrogen and oxygen atoms in total. The maximum atomic E-state index is 12.7. The Labute approximate surface area is 121 Å². The Hall–Kier alpha value is -2.44. The van der Waals surface area contributed by atoms with Gasteiger partial charge in [0.05, 0.1) is 18.1 Å². The van der Waals surface area contributed by atoms with Crippen LogP contribution in [0.1, 0.15) is 31.1 Å². The Kier molecular flexibility index (Phi) is 3.12. The SMILES string of the molecule is CCn1c(=O)c(C2N=CNC2C)cc2c(C)nc(N)nc21. The van der Waals surface area contributed by atoms with E-state index >= 15 is 0 Å². The van der Waals surface area contributed by atoms with Gasteiger partial charge in [-0.3, -0.25) is 14.4 Å². The van der Waals surface area contributed by atoms with E-state index in [-0.39, 0.29) is 23.6 Å².